The highest BCUT2D eigenvalue weighted by Gasteiger charge is 2.29. The normalized spacial score (nSPS) is 15.3. The minimum atomic E-state index is -0.194. The standard InChI is InChI=1S/C17H17ClN2O3S/c1-23-17(22)12-6-8-20(9-7-12)16(21)14-10-24-15(19-14)11-2-4-13(18)5-3-11/h2-5,10,12H,6-9H2,1H3. The molecule has 1 amide bonds. The first-order valence-corrected chi connectivity index (χ1v) is 8.93. The molecule has 1 aliphatic heterocycles. The number of nitrogens with zero attached hydrogens (tertiary/aromatic N) is 2. The topological polar surface area (TPSA) is 59.5 Å². The first kappa shape index (κ1) is 16.9. The van der Waals surface area contributed by atoms with E-state index in [0.29, 0.717) is 36.6 Å². The molecule has 126 valence electrons. The van der Waals surface area contributed by atoms with Crippen molar-refractivity contribution in [1.82, 2.24) is 9.88 Å². The number of amides is 1. The summed E-state index contributed by atoms with van der Waals surface area (Å²) in [6.07, 6.45) is 1.26. The minimum absolute atomic E-state index is 0.0882. The molecule has 1 aromatic carbocycles. The molecule has 5 nitrogen and oxygen atoms in total. The number of methoxy groups -OCH3 is 1. The first-order chi connectivity index (χ1) is 11.6. The molecule has 0 radical (unpaired) electrons. The lowest BCUT2D eigenvalue weighted by atomic mass is 9.97. The van der Waals surface area contributed by atoms with Gasteiger partial charge < -0.3 is 9.64 Å². The van der Waals surface area contributed by atoms with Crippen LogP contribution in [0.3, 0.4) is 0 Å². The number of hydrogen-bond donors (Lipinski definition) is 0. The summed E-state index contributed by atoms with van der Waals surface area (Å²) < 4.78 is 4.77. The Kier molecular flexibility index (Phi) is 5.16. The predicted molar refractivity (Wildman–Crippen MR) is 93.2 cm³/mol. The molecule has 0 bridgehead atoms. The molecule has 0 saturated carbocycles. The maximum absolute atomic E-state index is 12.6. The highest BCUT2D eigenvalue weighted by Crippen LogP contribution is 2.26. The van der Waals surface area contributed by atoms with Crippen molar-refractivity contribution >= 4 is 34.8 Å². The van der Waals surface area contributed by atoms with Crippen molar-refractivity contribution in [2.75, 3.05) is 20.2 Å². The summed E-state index contributed by atoms with van der Waals surface area (Å²) in [5.41, 5.74) is 1.38. The van der Waals surface area contributed by atoms with Crippen LogP contribution in [0.2, 0.25) is 5.02 Å². The molecule has 1 fully saturated rings. The Morgan fingerprint density at radius 3 is 2.54 bits per heavy atom. The quantitative estimate of drug-likeness (QED) is 0.782. The van der Waals surface area contributed by atoms with E-state index in [2.05, 4.69) is 4.98 Å². The Hall–Kier alpha value is -1.92. The van der Waals surface area contributed by atoms with Crippen molar-refractivity contribution in [1.29, 1.82) is 0 Å². The minimum Gasteiger partial charge on any atom is -0.469 e. The SMILES string of the molecule is COC(=O)C1CCN(C(=O)c2csc(-c3ccc(Cl)cc3)n2)CC1. The lowest BCUT2D eigenvalue weighted by Crippen LogP contribution is -2.40. The summed E-state index contributed by atoms with van der Waals surface area (Å²) in [4.78, 5) is 30.3. The molecular formula is C17H17ClN2O3S. The predicted octanol–water partition coefficient (Wildman–Crippen LogP) is 3.49. The monoisotopic (exact) mass is 364 g/mol. The van der Waals surface area contributed by atoms with Crippen molar-refractivity contribution in [3.63, 3.8) is 0 Å². The maximum atomic E-state index is 12.6. The molecule has 0 atom stereocenters. The molecule has 2 aromatic rings. The largest absolute Gasteiger partial charge is 0.469 e. The number of ether oxygens (including phenoxy) is 1. The van der Waals surface area contributed by atoms with E-state index in [1.165, 1.54) is 18.4 Å². The van der Waals surface area contributed by atoms with Crippen LogP contribution in [0.25, 0.3) is 10.6 Å². The lowest BCUT2D eigenvalue weighted by Gasteiger charge is -2.30. The van der Waals surface area contributed by atoms with Gasteiger partial charge in [-0.1, -0.05) is 23.7 Å². The molecule has 3 rings (SSSR count). The highest BCUT2D eigenvalue weighted by atomic mass is 35.5. The number of esters is 1. The Bertz CT molecular complexity index is 737. The molecule has 2 heterocycles. The van der Waals surface area contributed by atoms with Crippen molar-refractivity contribution in [2.24, 2.45) is 5.92 Å². The summed E-state index contributed by atoms with van der Waals surface area (Å²) in [5, 5.41) is 3.23. The van der Waals surface area contributed by atoms with Gasteiger partial charge in [-0.05, 0) is 25.0 Å². The van der Waals surface area contributed by atoms with Gasteiger partial charge in [-0.15, -0.1) is 11.3 Å². The van der Waals surface area contributed by atoms with Gasteiger partial charge in [0.25, 0.3) is 5.91 Å². The second kappa shape index (κ2) is 7.32. The molecule has 1 saturated heterocycles. The number of thiazole rings is 1. The first-order valence-electron chi connectivity index (χ1n) is 7.67. The molecule has 1 aromatic heterocycles. The van der Waals surface area contributed by atoms with Gasteiger partial charge in [0, 0.05) is 29.1 Å². The van der Waals surface area contributed by atoms with Crippen LogP contribution < -0.4 is 0 Å². The number of carbonyl (C=O) groups is 2. The van der Waals surface area contributed by atoms with E-state index in [-0.39, 0.29) is 17.8 Å². The van der Waals surface area contributed by atoms with Crippen LogP contribution in [0.15, 0.2) is 29.6 Å². The zero-order valence-electron chi connectivity index (χ0n) is 13.2. The van der Waals surface area contributed by atoms with Gasteiger partial charge in [0.15, 0.2) is 0 Å². The second-order valence-corrected chi connectivity index (χ2v) is 6.93. The van der Waals surface area contributed by atoms with Gasteiger partial charge in [0.1, 0.15) is 10.7 Å². The van der Waals surface area contributed by atoms with Gasteiger partial charge in [-0.25, -0.2) is 4.98 Å². The van der Waals surface area contributed by atoms with E-state index in [1.54, 1.807) is 22.4 Å². The highest BCUT2D eigenvalue weighted by molar-refractivity contribution is 7.13. The zero-order chi connectivity index (χ0) is 17.1. The van der Waals surface area contributed by atoms with E-state index in [1.807, 2.05) is 12.1 Å². The van der Waals surface area contributed by atoms with Crippen molar-refractivity contribution in [3.8, 4) is 10.6 Å². The van der Waals surface area contributed by atoms with Crippen molar-refractivity contribution in [3.05, 3.63) is 40.4 Å². The van der Waals surface area contributed by atoms with E-state index < -0.39 is 0 Å². The van der Waals surface area contributed by atoms with E-state index >= 15 is 0 Å². The Labute approximate surface area is 149 Å². The number of benzene rings is 1. The number of halogens is 1. The summed E-state index contributed by atoms with van der Waals surface area (Å²) in [6.45, 7) is 1.10. The smallest absolute Gasteiger partial charge is 0.308 e. The molecule has 24 heavy (non-hydrogen) atoms. The molecule has 0 N–H and O–H groups in total. The average Bonchev–Trinajstić information content (AvgIpc) is 3.11. The Morgan fingerprint density at radius 1 is 1.25 bits per heavy atom. The van der Waals surface area contributed by atoms with E-state index in [4.69, 9.17) is 16.3 Å². The zero-order valence-corrected chi connectivity index (χ0v) is 14.8. The third kappa shape index (κ3) is 3.60. The number of hydrogen-bond acceptors (Lipinski definition) is 5. The third-order valence-electron chi connectivity index (χ3n) is 4.13. The van der Waals surface area contributed by atoms with Crippen molar-refractivity contribution < 1.29 is 14.3 Å². The van der Waals surface area contributed by atoms with Crippen LogP contribution in [0.4, 0.5) is 0 Å². The lowest BCUT2D eigenvalue weighted by molar-refractivity contribution is -0.146. The van der Waals surface area contributed by atoms with Gasteiger partial charge in [-0.2, -0.15) is 0 Å². The number of aromatic nitrogens is 1. The molecule has 7 heteroatoms. The number of likely N-dealkylation sites (tertiary alicyclic amines) is 1. The van der Waals surface area contributed by atoms with Gasteiger partial charge in [-0.3, -0.25) is 9.59 Å². The Balaban J connectivity index is 1.66. The molecule has 0 spiro atoms. The maximum Gasteiger partial charge on any atom is 0.308 e. The van der Waals surface area contributed by atoms with Gasteiger partial charge in [0.2, 0.25) is 0 Å². The van der Waals surface area contributed by atoms with Crippen LogP contribution in [0.1, 0.15) is 23.3 Å². The number of rotatable bonds is 3. The van der Waals surface area contributed by atoms with Crippen LogP contribution in [-0.4, -0.2) is 42.0 Å². The van der Waals surface area contributed by atoms with Gasteiger partial charge >= 0.3 is 5.97 Å². The van der Waals surface area contributed by atoms with Gasteiger partial charge in [0.05, 0.1) is 13.0 Å². The van der Waals surface area contributed by atoms with E-state index in [9.17, 15) is 9.59 Å². The summed E-state index contributed by atoms with van der Waals surface area (Å²) in [5.74, 6) is -0.394. The fourth-order valence-corrected chi connectivity index (χ4v) is 3.67. The summed E-state index contributed by atoms with van der Waals surface area (Å²) in [7, 11) is 1.40. The third-order valence-corrected chi connectivity index (χ3v) is 5.27. The second-order valence-electron chi connectivity index (χ2n) is 5.63. The fourth-order valence-electron chi connectivity index (χ4n) is 2.74. The fraction of sp³-hybridized carbons (Fsp3) is 0.353. The average molecular weight is 365 g/mol. The number of piperidine rings is 1. The number of carbonyl (C=O) groups excluding carboxylic acids is 2. The van der Waals surface area contributed by atoms with Crippen LogP contribution in [0, 0.1) is 5.92 Å². The van der Waals surface area contributed by atoms with Crippen LogP contribution >= 0.6 is 22.9 Å². The summed E-state index contributed by atoms with van der Waals surface area (Å²) in [6, 6.07) is 7.38. The van der Waals surface area contributed by atoms with Crippen LogP contribution in [-0.2, 0) is 9.53 Å². The van der Waals surface area contributed by atoms with Crippen molar-refractivity contribution in [2.45, 2.75) is 12.8 Å². The molecule has 0 unspecified atom stereocenters. The van der Waals surface area contributed by atoms with Crippen LogP contribution in [0.5, 0.6) is 0 Å². The molecule has 1 aliphatic rings. The molecular weight excluding hydrogens is 348 g/mol. The summed E-state index contributed by atoms with van der Waals surface area (Å²) >= 11 is 7.32. The Morgan fingerprint density at radius 2 is 1.92 bits per heavy atom. The molecule has 0 aliphatic carbocycles. The van der Waals surface area contributed by atoms with E-state index in [0.717, 1.165) is 10.6 Å².